The van der Waals surface area contributed by atoms with Crippen LogP contribution in [0.5, 0.6) is 5.88 Å². The molecule has 8 heteroatoms. The third kappa shape index (κ3) is 3.62. The van der Waals surface area contributed by atoms with Gasteiger partial charge >= 0.3 is 0 Å². The number of aryl methyl sites for hydroxylation is 2. The largest absolute Gasteiger partial charge is 0.494 e. The molecule has 2 heterocycles. The number of rotatable bonds is 4. The number of nitrogens with one attached hydrogen (secondary N) is 1. The molecule has 0 aliphatic rings. The number of aromatic hydroxyl groups is 1. The summed E-state index contributed by atoms with van der Waals surface area (Å²) >= 11 is 6.29. The Bertz CT molecular complexity index is 1330. The zero-order valence-electron chi connectivity index (χ0n) is 16.3. The van der Waals surface area contributed by atoms with E-state index in [9.17, 15) is 9.90 Å². The quantitative estimate of drug-likeness (QED) is 0.382. The molecule has 2 N–H and O–H groups in total. The van der Waals surface area contributed by atoms with Crippen LogP contribution in [0.1, 0.15) is 17.0 Å². The summed E-state index contributed by atoms with van der Waals surface area (Å²) in [6.07, 6.45) is 1.44. The molecule has 30 heavy (non-hydrogen) atoms. The van der Waals surface area contributed by atoms with E-state index in [4.69, 9.17) is 11.6 Å². The number of anilines is 1. The van der Waals surface area contributed by atoms with Gasteiger partial charge in [0.1, 0.15) is 0 Å². The zero-order chi connectivity index (χ0) is 21.3. The van der Waals surface area contributed by atoms with E-state index in [1.807, 2.05) is 19.9 Å². The predicted molar refractivity (Wildman–Crippen MR) is 119 cm³/mol. The second-order valence-corrected chi connectivity index (χ2v) is 7.13. The molecular weight excluding hydrogens is 402 g/mol. The number of nitrogens with zero attached hydrogens (tertiary/aromatic N) is 4. The van der Waals surface area contributed by atoms with Gasteiger partial charge in [-0.05, 0) is 38.1 Å². The van der Waals surface area contributed by atoms with Crippen LogP contribution in [-0.4, -0.2) is 25.9 Å². The number of aromatic nitrogens is 3. The minimum atomic E-state index is -0.376. The summed E-state index contributed by atoms with van der Waals surface area (Å²) in [5, 5.41) is 16.5. The predicted octanol–water partition coefficient (Wildman–Crippen LogP) is 4.20. The normalized spacial score (nSPS) is 11.3. The molecule has 0 saturated carbocycles. The fourth-order valence-electron chi connectivity index (χ4n) is 3.28. The van der Waals surface area contributed by atoms with Crippen molar-refractivity contribution in [3.8, 4) is 11.6 Å². The summed E-state index contributed by atoms with van der Waals surface area (Å²) in [5.41, 5.74) is 4.76. The third-order valence-electron chi connectivity index (χ3n) is 4.54. The Morgan fingerprint density at radius 2 is 1.67 bits per heavy atom. The van der Waals surface area contributed by atoms with Crippen molar-refractivity contribution >= 4 is 34.5 Å². The van der Waals surface area contributed by atoms with Gasteiger partial charge in [-0.2, -0.15) is 5.10 Å². The first-order valence-corrected chi connectivity index (χ1v) is 9.56. The summed E-state index contributed by atoms with van der Waals surface area (Å²) in [6.45, 7) is 3.73. The maximum atomic E-state index is 13.1. The number of halogens is 1. The van der Waals surface area contributed by atoms with Crippen molar-refractivity contribution in [2.24, 2.45) is 5.10 Å². The van der Waals surface area contributed by atoms with E-state index in [2.05, 4.69) is 20.5 Å². The smallest absolute Gasteiger partial charge is 0.265 e. The lowest BCUT2D eigenvalue weighted by molar-refractivity contribution is 0.436. The Morgan fingerprint density at radius 1 is 1.03 bits per heavy atom. The van der Waals surface area contributed by atoms with Crippen molar-refractivity contribution in [3.63, 3.8) is 0 Å². The second kappa shape index (κ2) is 7.96. The lowest BCUT2D eigenvalue weighted by Crippen LogP contribution is -2.20. The summed E-state index contributed by atoms with van der Waals surface area (Å²) < 4.78 is 1.18. The maximum absolute atomic E-state index is 13.1. The Hall–Kier alpha value is -3.71. The Balaban J connectivity index is 1.87. The van der Waals surface area contributed by atoms with E-state index in [0.29, 0.717) is 33.0 Å². The molecule has 0 fully saturated rings. The Kier molecular flexibility index (Phi) is 5.20. The van der Waals surface area contributed by atoms with Gasteiger partial charge in [-0.25, -0.2) is 20.0 Å². The van der Waals surface area contributed by atoms with Crippen LogP contribution in [0.25, 0.3) is 16.5 Å². The van der Waals surface area contributed by atoms with Gasteiger partial charge in [0.15, 0.2) is 0 Å². The van der Waals surface area contributed by atoms with Crippen molar-refractivity contribution < 1.29 is 5.11 Å². The van der Waals surface area contributed by atoms with Gasteiger partial charge in [-0.1, -0.05) is 41.9 Å². The number of hydrogen-bond donors (Lipinski definition) is 2. The summed E-state index contributed by atoms with van der Waals surface area (Å²) in [7, 11) is 0. The molecule has 0 radical (unpaired) electrons. The molecule has 0 aliphatic heterocycles. The van der Waals surface area contributed by atoms with Crippen LogP contribution >= 0.6 is 11.6 Å². The minimum absolute atomic E-state index is 0.265. The van der Waals surface area contributed by atoms with Gasteiger partial charge in [-0.15, -0.1) is 0 Å². The van der Waals surface area contributed by atoms with Gasteiger partial charge in [0, 0.05) is 22.2 Å². The Morgan fingerprint density at radius 3 is 2.37 bits per heavy atom. The van der Waals surface area contributed by atoms with Crippen LogP contribution in [0.15, 0.2) is 64.5 Å². The first kappa shape index (κ1) is 19.6. The van der Waals surface area contributed by atoms with Gasteiger partial charge in [0.05, 0.1) is 22.5 Å². The topological polar surface area (TPSA) is 92.4 Å². The van der Waals surface area contributed by atoms with Crippen molar-refractivity contribution in [2.45, 2.75) is 13.8 Å². The standard InChI is InChI=1S/C22H18ClN5O2/c1-13-11-14(2)26-22(25-13)27-24-12-17-15-7-3-4-8-16(15)20(29)28(21(17)30)19-10-6-5-9-18(19)23/h3-12,30H,1-2H3,(H,25,26,27)/b24-12+. The van der Waals surface area contributed by atoms with Gasteiger partial charge in [0.2, 0.25) is 11.8 Å². The highest BCUT2D eigenvalue weighted by Crippen LogP contribution is 2.28. The second-order valence-electron chi connectivity index (χ2n) is 6.72. The number of benzene rings is 2. The Labute approximate surface area is 177 Å². The van der Waals surface area contributed by atoms with Crippen molar-refractivity contribution in [2.75, 3.05) is 5.43 Å². The number of para-hydroxylation sites is 1. The number of hydrogen-bond acceptors (Lipinski definition) is 6. The van der Waals surface area contributed by atoms with E-state index < -0.39 is 0 Å². The lowest BCUT2D eigenvalue weighted by atomic mass is 10.1. The van der Waals surface area contributed by atoms with Crippen molar-refractivity contribution in [3.05, 3.63) is 86.9 Å². The molecule has 2 aromatic carbocycles. The first-order valence-electron chi connectivity index (χ1n) is 9.18. The molecule has 0 aliphatic carbocycles. The van der Waals surface area contributed by atoms with E-state index in [-0.39, 0.29) is 11.4 Å². The SMILES string of the molecule is Cc1cc(C)nc(N/N=C/c2c(O)n(-c3ccccc3Cl)c(=O)c3ccccc23)n1. The molecule has 0 spiro atoms. The molecule has 0 unspecified atom stereocenters. The minimum Gasteiger partial charge on any atom is -0.494 e. The van der Waals surface area contributed by atoms with Crippen LogP contribution in [0.2, 0.25) is 5.02 Å². The van der Waals surface area contributed by atoms with Crippen LogP contribution < -0.4 is 11.0 Å². The summed E-state index contributed by atoms with van der Waals surface area (Å²) in [4.78, 5) is 21.6. The first-order chi connectivity index (χ1) is 14.5. The average molecular weight is 420 g/mol. The highest BCUT2D eigenvalue weighted by atomic mass is 35.5. The molecule has 4 aromatic rings. The maximum Gasteiger partial charge on any atom is 0.265 e. The molecule has 150 valence electrons. The number of pyridine rings is 1. The number of fused-ring (bicyclic) bond motifs is 1. The molecule has 0 saturated heterocycles. The fourth-order valence-corrected chi connectivity index (χ4v) is 3.50. The van der Waals surface area contributed by atoms with Crippen molar-refractivity contribution in [1.82, 2.24) is 14.5 Å². The van der Waals surface area contributed by atoms with Crippen LogP contribution in [-0.2, 0) is 0 Å². The van der Waals surface area contributed by atoms with E-state index >= 15 is 0 Å². The van der Waals surface area contributed by atoms with Crippen LogP contribution in [0.3, 0.4) is 0 Å². The molecule has 2 aromatic heterocycles. The molecule has 4 rings (SSSR count). The monoisotopic (exact) mass is 419 g/mol. The molecule has 0 bridgehead atoms. The molecule has 7 nitrogen and oxygen atoms in total. The van der Waals surface area contributed by atoms with Crippen molar-refractivity contribution in [1.29, 1.82) is 0 Å². The van der Waals surface area contributed by atoms with Gasteiger partial charge < -0.3 is 5.11 Å². The highest BCUT2D eigenvalue weighted by Gasteiger charge is 2.17. The van der Waals surface area contributed by atoms with Crippen LogP contribution in [0.4, 0.5) is 5.95 Å². The molecular formula is C22H18ClN5O2. The fraction of sp³-hybridized carbons (Fsp3) is 0.0909. The lowest BCUT2D eigenvalue weighted by Gasteiger charge is -2.14. The number of hydrazone groups is 1. The summed E-state index contributed by atoms with van der Waals surface area (Å²) in [6, 6.07) is 15.7. The van der Waals surface area contributed by atoms with Gasteiger partial charge in [0.25, 0.3) is 5.56 Å². The van der Waals surface area contributed by atoms with Crippen LogP contribution in [0, 0.1) is 13.8 Å². The average Bonchev–Trinajstić information content (AvgIpc) is 2.71. The highest BCUT2D eigenvalue weighted by molar-refractivity contribution is 6.32. The molecule has 0 amide bonds. The van der Waals surface area contributed by atoms with E-state index in [1.54, 1.807) is 48.5 Å². The van der Waals surface area contributed by atoms with Gasteiger partial charge in [-0.3, -0.25) is 4.79 Å². The van der Waals surface area contributed by atoms with E-state index in [0.717, 1.165) is 11.4 Å². The third-order valence-corrected chi connectivity index (χ3v) is 4.86. The zero-order valence-corrected chi connectivity index (χ0v) is 17.1. The molecule has 0 atom stereocenters. The van der Waals surface area contributed by atoms with E-state index in [1.165, 1.54) is 10.8 Å². The summed E-state index contributed by atoms with van der Waals surface area (Å²) in [5.74, 6) is 0.0747.